The minimum atomic E-state index is -0.0659. The van der Waals surface area contributed by atoms with Crippen molar-refractivity contribution in [3.8, 4) is 0 Å². The third-order valence-corrected chi connectivity index (χ3v) is 4.92. The fraction of sp³-hybridized carbons (Fsp3) is 0.538. The van der Waals surface area contributed by atoms with Crippen LogP contribution in [0.15, 0.2) is 18.5 Å². The molecule has 0 bridgehead atoms. The summed E-state index contributed by atoms with van der Waals surface area (Å²) < 4.78 is 2.28. The average molecular weight is 282 g/mol. The summed E-state index contributed by atoms with van der Waals surface area (Å²) in [7, 11) is 0. The van der Waals surface area contributed by atoms with Crippen molar-refractivity contribution in [1.82, 2.24) is 14.5 Å². The first kappa shape index (κ1) is 12.3. The highest BCUT2D eigenvalue weighted by Crippen LogP contribution is 2.31. The van der Waals surface area contributed by atoms with E-state index in [1.165, 1.54) is 18.6 Å². The maximum Gasteiger partial charge on any atom is 0.127 e. The van der Waals surface area contributed by atoms with Gasteiger partial charge in [0.15, 0.2) is 0 Å². The van der Waals surface area contributed by atoms with Gasteiger partial charge in [0.05, 0.1) is 17.1 Å². The topological polar surface area (TPSA) is 30.7 Å². The molecule has 5 heteroatoms. The Bertz CT molecular complexity index is 546. The number of hydrogen-bond acceptors (Lipinski definition) is 3. The Kier molecular flexibility index (Phi) is 3.48. The number of halogens is 1. The largest absolute Gasteiger partial charge is 0.326 e. The molecular formula is C13H16ClN3S. The average Bonchev–Trinajstić information content (AvgIpc) is 2.98. The summed E-state index contributed by atoms with van der Waals surface area (Å²) in [5.41, 5.74) is 2.10. The van der Waals surface area contributed by atoms with Gasteiger partial charge in [0.1, 0.15) is 11.3 Å². The molecule has 2 aromatic rings. The van der Waals surface area contributed by atoms with Crippen LogP contribution >= 0.6 is 23.4 Å². The minimum absolute atomic E-state index is 0.0659. The predicted molar refractivity (Wildman–Crippen MR) is 77.3 cm³/mol. The number of alkyl halides is 1. The summed E-state index contributed by atoms with van der Waals surface area (Å²) in [6.45, 7) is 2.99. The lowest BCUT2D eigenvalue weighted by atomic mass is 10.2. The summed E-state index contributed by atoms with van der Waals surface area (Å²) in [5.74, 6) is 2.25. The number of aromatic nitrogens is 3. The van der Waals surface area contributed by atoms with Crippen LogP contribution in [0.2, 0.25) is 0 Å². The fourth-order valence-electron chi connectivity index (χ4n) is 2.49. The number of pyridine rings is 1. The number of rotatable bonds is 3. The zero-order valence-corrected chi connectivity index (χ0v) is 11.9. The molecule has 1 aliphatic rings. The van der Waals surface area contributed by atoms with Crippen molar-refractivity contribution in [2.75, 3.05) is 5.75 Å². The van der Waals surface area contributed by atoms with Gasteiger partial charge in [-0.1, -0.05) is 0 Å². The molecule has 18 heavy (non-hydrogen) atoms. The van der Waals surface area contributed by atoms with Crippen LogP contribution in [0.3, 0.4) is 0 Å². The van der Waals surface area contributed by atoms with Gasteiger partial charge in [-0.25, -0.2) is 4.98 Å². The highest BCUT2D eigenvalue weighted by atomic mass is 35.5. The molecule has 2 unspecified atom stereocenters. The van der Waals surface area contributed by atoms with Crippen molar-refractivity contribution >= 4 is 34.4 Å². The normalized spacial score (nSPS) is 21.6. The second-order valence-corrected chi connectivity index (χ2v) is 6.76. The zero-order valence-electron chi connectivity index (χ0n) is 10.3. The van der Waals surface area contributed by atoms with Gasteiger partial charge in [0.2, 0.25) is 0 Å². The van der Waals surface area contributed by atoms with E-state index >= 15 is 0 Å². The van der Waals surface area contributed by atoms with Gasteiger partial charge in [-0.2, -0.15) is 11.8 Å². The molecule has 3 heterocycles. The highest BCUT2D eigenvalue weighted by Gasteiger charge is 2.21. The van der Waals surface area contributed by atoms with Gasteiger partial charge >= 0.3 is 0 Å². The molecule has 2 atom stereocenters. The lowest BCUT2D eigenvalue weighted by molar-refractivity contribution is 0.623. The third kappa shape index (κ3) is 2.24. The summed E-state index contributed by atoms with van der Waals surface area (Å²) in [6, 6.07) is 2.03. The lowest BCUT2D eigenvalue weighted by Gasteiger charge is -2.14. The fourth-order valence-corrected chi connectivity index (χ4v) is 3.91. The van der Waals surface area contributed by atoms with Crippen molar-refractivity contribution in [1.29, 1.82) is 0 Å². The second-order valence-electron chi connectivity index (χ2n) is 4.70. The van der Waals surface area contributed by atoms with E-state index in [9.17, 15) is 0 Å². The highest BCUT2D eigenvalue weighted by molar-refractivity contribution is 8.00. The molecule has 1 fully saturated rings. The van der Waals surface area contributed by atoms with Crippen LogP contribution in [-0.4, -0.2) is 25.5 Å². The summed E-state index contributed by atoms with van der Waals surface area (Å²) >= 11 is 8.32. The molecule has 3 nitrogen and oxygen atoms in total. The van der Waals surface area contributed by atoms with Crippen LogP contribution in [0.4, 0.5) is 0 Å². The van der Waals surface area contributed by atoms with Crippen molar-refractivity contribution in [3.63, 3.8) is 0 Å². The van der Waals surface area contributed by atoms with E-state index in [-0.39, 0.29) is 5.38 Å². The Morgan fingerprint density at radius 2 is 2.50 bits per heavy atom. The molecule has 0 N–H and O–H groups in total. The summed E-state index contributed by atoms with van der Waals surface area (Å²) in [4.78, 5) is 8.75. The molecule has 0 spiro atoms. The van der Waals surface area contributed by atoms with E-state index < -0.39 is 0 Å². The quantitative estimate of drug-likeness (QED) is 0.805. The minimum Gasteiger partial charge on any atom is -0.326 e. The van der Waals surface area contributed by atoms with Crippen LogP contribution in [0, 0.1) is 0 Å². The van der Waals surface area contributed by atoms with Gasteiger partial charge in [0, 0.05) is 18.0 Å². The molecule has 1 saturated heterocycles. The van der Waals surface area contributed by atoms with Crippen LogP contribution in [-0.2, 0) is 6.54 Å². The predicted octanol–water partition coefficient (Wildman–Crippen LogP) is 3.63. The van der Waals surface area contributed by atoms with Crippen LogP contribution in [0.1, 0.15) is 31.0 Å². The molecule has 2 aromatic heterocycles. The van der Waals surface area contributed by atoms with E-state index in [1.54, 1.807) is 0 Å². The Hall–Kier alpha value is -0.740. The van der Waals surface area contributed by atoms with E-state index in [0.717, 1.165) is 23.4 Å². The zero-order chi connectivity index (χ0) is 12.5. The molecular weight excluding hydrogens is 266 g/mol. The monoisotopic (exact) mass is 281 g/mol. The molecule has 0 aliphatic carbocycles. The Balaban J connectivity index is 2.03. The van der Waals surface area contributed by atoms with E-state index in [4.69, 9.17) is 11.6 Å². The van der Waals surface area contributed by atoms with E-state index in [0.29, 0.717) is 5.25 Å². The maximum atomic E-state index is 6.25. The van der Waals surface area contributed by atoms with Crippen molar-refractivity contribution in [3.05, 3.63) is 24.3 Å². The van der Waals surface area contributed by atoms with Gasteiger partial charge < -0.3 is 4.57 Å². The first-order valence-electron chi connectivity index (χ1n) is 6.31. The van der Waals surface area contributed by atoms with Crippen LogP contribution < -0.4 is 0 Å². The first-order valence-corrected chi connectivity index (χ1v) is 7.80. The molecule has 0 radical (unpaired) electrons. The number of hydrogen-bond donors (Lipinski definition) is 0. The van der Waals surface area contributed by atoms with E-state index in [1.807, 2.05) is 25.4 Å². The molecule has 1 aliphatic heterocycles. The van der Waals surface area contributed by atoms with Crippen LogP contribution in [0.25, 0.3) is 11.0 Å². The lowest BCUT2D eigenvalue weighted by Crippen LogP contribution is -2.13. The van der Waals surface area contributed by atoms with Gasteiger partial charge in [0.25, 0.3) is 0 Å². The maximum absolute atomic E-state index is 6.25. The Morgan fingerprint density at radius 3 is 3.22 bits per heavy atom. The SMILES string of the molecule is CC(Cl)c1nc2cnccc2n1CC1CCCS1. The molecule has 3 rings (SSSR count). The third-order valence-electron chi connectivity index (χ3n) is 3.35. The van der Waals surface area contributed by atoms with Gasteiger partial charge in [-0.05, 0) is 31.6 Å². The summed E-state index contributed by atoms with van der Waals surface area (Å²) in [5, 5.41) is 0.633. The summed E-state index contributed by atoms with van der Waals surface area (Å²) in [6.07, 6.45) is 6.27. The molecule has 0 saturated carbocycles. The standard InChI is InChI=1S/C13H16ClN3S/c1-9(14)13-16-11-7-15-5-4-12(11)17(13)8-10-3-2-6-18-10/h4-5,7,9-10H,2-3,6,8H2,1H3. The second kappa shape index (κ2) is 5.10. The first-order chi connectivity index (χ1) is 8.75. The Morgan fingerprint density at radius 1 is 1.61 bits per heavy atom. The van der Waals surface area contributed by atoms with Crippen LogP contribution in [0.5, 0.6) is 0 Å². The molecule has 0 amide bonds. The van der Waals surface area contributed by atoms with E-state index in [2.05, 4.69) is 26.3 Å². The van der Waals surface area contributed by atoms with Crippen molar-refractivity contribution < 1.29 is 0 Å². The van der Waals surface area contributed by atoms with Crippen molar-refractivity contribution in [2.24, 2.45) is 0 Å². The number of nitrogens with zero attached hydrogens (tertiary/aromatic N) is 3. The number of fused-ring (bicyclic) bond motifs is 1. The molecule has 0 aromatic carbocycles. The molecule has 96 valence electrons. The number of imidazole rings is 1. The van der Waals surface area contributed by atoms with Crippen molar-refractivity contribution in [2.45, 2.75) is 36.9 Å². The van der Waals surface area contributed by atoms with Gasteiger partial charge in [-0.15, -0.1) is 11.6 Å². The number of thioether (sulfide) groups is 1. The Labute approximate surface area is 116 Å². The smallest absolute Gasteiger partial charge is 0.127 e. The van der Waals surface area contributed by atoms with Gasteiger partial charge in [-0.3, -0.25) is 4.98 Å².